The molecule has 28 heavy (non-hydrogen) atoms. The smallest absolute Gasteiger partial charge is 0.220 e. The Bertz CT molecular complexity index is 1010. The summed E-state index contributed by atoms with van der Waals surface area (Å²) in [6.45, 7) is 2.87. The van der Waals surface area contributed by atoms with Crippen LogP contribution in [0.15, 0.2) is 36.7 Å². The van der Waals surface area contributed by atoms with Gasteiger partial charge in [0.2, 0.25) is 10.0 Å². The Morgan fingerprint density at radius 1 is 1.29 bits per heavy atom. The van der Waals surface area contributed by atoms with Crippen molar-refractivity contribution in [3.8, 4) is 0 Å². The first-order valence-corrected chi connectivity index (χ1v) is 11.3. The quantitative estimate of drug-likeness (QED) is 0.749. The van der Waals surface area contributed by atoms with Crippen LogP contribution in [0, 0.1) is 0 Å². The Labute approximate surface area is 169 Å². The van der Waals surface area contributed by atoms with E-state index in [0.29, 0.717) is 31.1 Å². The maximum Gasteiger partial charge on any atom is 0.220 e. The number of hydrogen-bond donors (Lipinski definition) is 0. The number of benzene rings is 1. The van der Waals surface area contributed by atoms with E-state index in [1.165, 1.54) is 0 Å². The molecule has 0 saturated carbocycles. The van der Waals surface area contributed by atoms with Crippen molar-refractivity contribution in [3.05, 3.63) is 52.8 Å². The minimum atomic E-state index is -3.41. The zero-order chi connectivity index (χ0) is 19.5. The van der Waals surface area contributed by atoms with Crippen LogP contribution in [-0.2, 0) is 34.9 Å². The second-order valence-corrected chi connectivity index (χ2v) is 10.7. The molecule has 3 saturated heterocycles. The molecule has 7 nitrogen and oxygen atoms in total. The molecule has 0 N–H and O–H groups in total. The molecule has 1 spiro atoms. The zero-order valence-corrected chi connectivity index (χ0v) is 17.2. The molecule has 4 heterocycles. The van der Waals surface area contributed by atoms with Crippen LogP contribution in [0.25, 0.3) is 0 Å². The number of rotatable bonds is 4. The number of ether oxygens (including phenoxy) is 1. The van der Waals surface area contributed by atoms with Crippen LogP contribution in [-0.4, -0.2) is 64.0 Å². The van der Waals surface area contributed by atoms with Crippen molar-refractivity contribution in [1.29, 1.82) is 0 Å². The van der Waals surface area contributed by atoms with E-state index in [0.717, 1.165) is 24.2 Å². The van der Waals surface area contributed by atoms with E-state index in [1.807, 2.05) is 37.6 Å². The Morgan fingerprint density at radius 2 is 2.14 bits per heavy atom. The summed E-state index contributed by atoms with van der Waals surface area (Å²) < 4.78 is 36.2. The molecular weight excluding hydrogens is 400 g/mol. The Kier molecular flexibility index (Phi) is 4.33. The highest BCUT2D eigenvalue weighted by Crippen LogP contribution is 2.47. The second kappa shape index (κ2) is 6.53. The Balaban J connectivity index is 1.38. The SMILES string of the molecule is Cn1cc(CN2C[C@H]3C[C@H]4[C@](C2)(CN(Cc2cccc(Cl)c2)S4(=O)=O)O3)cn1. The lowest BCUT2D eigenvalue weighted by Gasteiger charge is -2.39. The van der Waals surface area contributed by atoms with Gasteiger partial charge in [0.05, 0.1) is 12.3 Å². The number of fused-ring (bicyclic) bond motifs is 1. The summed E-state index contributed by atoms with van der Waals surface area (Å²) in [5, 5.41) is 4.38. The van der Waals surface area contributed by atoms with Crippen molar-refractivity contribution in [2.75, 3.05) is 19.6 Å². The number of morpholine rings is 1. The fourth-order valence-electron chi connectivity index (χ4n) is 4.96. The molecule has 1 aromatic carbocycles. The summed E-state index contributed by atoms with van der Waals surface area (Å²) in [7, 11) is -1.51. The van der Waals surface area contributed by atoms with E-state index in [4.69, 9.17) is 16.3 Å². The van der Waals surface area contributed by atoms with Crippen LogP contribution in [0.4, 0.5) is 0 Å². The lowest BCUT2D eigenvalue weighted by Crippen LogP contribution is -2.54. The number of nitrogens with zero attached hydrogens (tertiary/aromatic N) is 4. The van der Waals surface area contributed by atoms with E-state index in [2.05, 4.69) is 10.00 Å². The topological polar surface area (TPSA) is 67.7 Å². The van der Waals surface area contributed by atoms with Gasteiger partial charge in [-0.2, -0.15) is 9.40 Å². The minimum Gasteiger partial charge on any atom is -0.366 e. The summed E-state index contributed by atoms with van der Waals surface area (Å²) >= 11 is 6.07. The van der Waals surface area contributed by atoms with Crippen LogP contribution in [0.1, 0.15) is 17.5 Å². The molecule has 2 bridgehead atoms. The van der Waals surface area contributed by atoms with Crippen molar-refractivity contribution in [1.82, 2.24) is 19.0 Å². The predicted octanol–water partition coefficient (Wildman–Crippen LogP) is 1.63. The molecule has 3 fully saturated rings. The van der Waals surface area contributed by atoms with E-state index in [9.17, 15) is 8.42 Å². The highest BCUT2D eigenvalue weighted by atomic mass is 35.5. The summed E-state index contributed by atoms with van der Waals surface area (Å²) in [5.41, 5.74) is 1.38. The van der Waals surface area contributed by atoms with Crippen molar-refractivity contribution in [2.45, 2.75) is 36.5 Å². The second-order valence-electron chi connectivity index (χ2n) is 8.16. The van der Waals surface area contributed by atoms with Gasteiger partial charge in [0.15, 0.2) is 0 Å². The van der Waals surface area contributed by atoms with Crippen LogP contribution in [0.5, 0.6) is 0 Å². The number of aryl methyl sites for hydroxylation is 1. The molecule has 0 amide bonds. The normalized spacial score (nSPS) is 31.9. The van der Waals surface area contributed by atoms with Gasteiger partial charge in [-0.1, -0.05) is 23.7 Å². The highest BCUT2D eigenvalue weighted by molar-refractivity contribution is 7.90. The molecule has 1 aromatic heterocycles. The number of aromatic nitrogens is 2. The van der Waals surface area contributed by atoms with E-state index in [1.54, 1.807) is 15.1 Å². The average Bonchev–Trinajstić information content (AvgIpc) is 3.19. The number of likely N-dealkylation sites (tertiary alicyclic amines) is 1. The van der Waals surface area contributed by atoms with Gasteiger partial charge >= 0.3 is 0 Å². The summed E-state index contributed by atoms with van der Waals surface area (Å²) in [4.78, 5) is 2.31. The van der Waals surface area contributed by atoms with Crippen molar-refractivity contribution in [3.63, 3.8) is 0 Å². The Morgan fingerprint density at radius 3 is 2.89 bits per heavy atom. The van der Waals surface area contributed by atoms with Crippen LogP contribution >= 0.6 is 11.6 Å². The van der Waals surface area contributed by atoms with E-state index >= 15 is 0 Å². The van der Waals surface area contributed by atoms with Gasteiger partial charge in [-0.3, -0.25) is 9.58 Å². The van der Waals surface area contributed by atoms with Gasteiger partial charge in [0.25, 0.3) is 0 Å². The highest BCUT2D eigenvalue weighted by Gasteiger charge is 2.64. The fourth-order valence-corrected chi connectivity index (χ4v) is 7.46. The molecule has 150 valence electrons. The maximum atomic E-state index is 13.3. The summed E-state index contributed by atoms with van der Waals surface area (Å²) in [6, 6.07) is 7.37. The van der Waals surface area contributed by atoms with E-state index < -0.39 is 20.9 Å². The predicted molar refractivity (Wildman–Crippen MR) is 105 cm³/mol. The van der Waals surface area contributed by atoms with Crippen molar-refractivity contribution >= 4 is 21.6 Å². The molecule has 0 unspecified atom stereocenters. The average molecular weight is 423 g/mol. The third kappa shape index (κ3) is 3.07. The monoisotopic (exact) mass is 422 g/mol. The first-order valence-electron chi connectivity index (χ1n) is 9.45. The summed E-state index contributed by atoms with van der Waals surface area (Å²) in [6.07, 6.45) is 4.41. The molecule has 2 aromatic rings. The standard InChI is InChI=1S/C19H23ClN4O3S/c1-22-8-15(7-21-22)9-23-11-17-6-18-19(12-23,27-17)13-24(28(18,25)26)10-14-3-2-4-16(20)5-14/h2-5,7-8,17-18H,6,9-13H2,1H3/t17-,18+,19+/m1/s1. The number of hydrogen-bond acceptors (Lipinski definition) is 5. The maximum absolute atomic E-state index is 13.3. The molecular formula is C19H23ClN4O3S. The molecule has 9 heteroatoms. The first-order chi connectivity index (χ1) is 13.3. The van der Waals surface area contributed by atoms with Crippen LogP contribution in [0.2, 0.25) is 5.02 Å². The van der Waals surface area contributed by atoms with E-state index in [-0.39, 0.29) is 6.10 Å². The van der Waals surface area contributed by atoms with Gasteiger partial charge < -0.3 is 4.74 Å². The van der Waals surface area contributed by atoms with Crippen molar-refractivity contribution in [2.24, 2.45) is 7.05 Å². The molecule has 0 aliphatic carbocycles. The molecule has 3 aliphatic rings. The third-order valence-electron chi connectivity index (χ3n) is 5.99. The fraction of sp³-hybridized carbons (Fsp3) is 0.526. The molecule has 3 aliphatic heterocycles. The van der Waals surface area contributed by atoms with Gasteiger partial charge in [-0.15, -0.1) is 0 Å². The van der Waals surface area contributed by atoms with Crippen LogP contribution in [0.3, 0.4) is 0 Å². The number of sulfonamides is 1. The van der Waals surface area contributed by atoms with Gasteiger partial charge in [0.1, 0.15) is 10.9 Å². The summed E-state index contributed by atoms with van der Waals surface area (Å²) in [5.74, 6) is 0. The first kappa shape index (κ1) is 18.6. The lowest BCUT2D eigenvalue weighted by molar-refractivity contribution is -0.110. The van der Waals surface area contributed by atoms with Gasteiger partial charge in [-0.25, -0.2) is 8.42 Å². The lowest BCUT2D eigenvalue weighted by atomic mass is 9.99. The third-order valence-corrected chi connectivity index (χ3v) is 8.55. The largest absolute Gasteiger partial charge is 0.366 e. The number of halogens is 1. The van der Waals surface area contributed by atoms with Crippen molar-refractivity contribution < 1.29 is 13.2 Å². The Hall–Kier alpha value is -1.45. The van der Waals surface area contributed by atoms with Gasteiger partial charge in [-0.05, 0) is 24.1 Å². The molecule has 3 atom stereocenters. The van der Waals surface area contributed by atoms with Gasteiger partial charge in [0, 0.05) is 56.6 Å². The molecule has 5 rings (SSSR count). The zero-order valence-electron chi connectivity index (χ0n) is 15.7. The minimum absolute atomic E-state index is 0.0292. The van der Waals surface area contributed by atoms with Crippen LogP contribution < -0.4 is 0 Å². The molecule has 0 radical (unpaired) electrons.